The van der Waals surface area contributed by atoms with Crippen molar-refractivity contribution in [2.24, 2.45) is 10.8 Å². The fourth-order valence-electron chi connectivity index (χ4n) is 2.61. The van der Waals surface area contributed by atoms with Crippen LogP contribution in [0.1, 0.15) is 46.7 Å². The van der Waals surface area contributed by atoms with E-state index in [0.29, 0.717) is 0 Å². The lowest BCUT2D eigenvalue weighted by molar-refractivity contribution is 0.339. The van der Waals surface area contributed by atoms with Gasteiger partial charge in [-0.25, -0.2) is 9.97 Å². The van der Waals surface area contributed by atoms with Gasteiger partial charge in [-0.2, -0.15) is 0 Å². The SMILES string of the molecule is CC(C)(C)CNc1cccc(CC(C)(C)CCNc2ccccn2)n1. The Morgan fingerprint density at radius 3 is 2.32 bits per heavy atom. The van der Waals surface area contributed by atoms with Crippen molar-refractivity contribution in [3.05, 3.63) is 48.3 Å². The van der Waals surface area contributed by atoms with Gasteiger partial charge >= 0.3 is 0 Å². The molecular weight excluding hydrogens is 308 g/mol. The predicted molar refractivity (Wildman–Crippen MR) is 107 cm³/mol. The van der Waals surface area contributed by atoms with Crippen molar-refractivity contribution < 1.29 is 0 Å². The van der Waals surface area contributed by atoms with Gasteiger partial charge in [-0.15, -0.1) is 0 Å². The number of nitrogens with zero attached hydrogens (tertiary/aromatic N) is 2. The number of aromatic nitrogens is 2. The summed E-state index contributed by atoms with van der Waals surface area (Å²) in [4.78, 5) is 9.09. The molecule has 0 unspecified atom stereocenters. The first-order valence-electron chi connectivity index (χ1n) is 9.08. The van der Waals surface area contributed by atoms with E-state index in [0.717, 1.165) is 43.3 Å². The van der Waals surface area contributed by atoms with Crippen LogP contribution in [0.15, 0.2) is 42.6 Å². The topological polar surface area (TPSA) is 49.8 Å². The van der Waals surface area contributed by atoms with Crippen LogP contribution in [0.5, 0.6) is 0 Å². The lowest BCUT2D eigenvalue weighted by Gasteiger charge is -2.25. The molecule has 0 amide bonds. The van der Waals surface area contributed by atoms with Crippen LogP contribution in [0.2, 0.25) is 0 Å². The van der Waals surface area contributed by atoms with Gasteiger partial charge in [-0.1, -0.05) is 46.8 Å². The summed E-state index contributed by atoms with van der Waals surface area (Å²) in [5, 5.41) is 6.83. The lowest BCUT2D eigenvalue weighted by atomic mass is 9.84. The number of hydrogen-bond acceptors (Lipinski definition) is 4. The van der Waals surface area contributed by atoms with E-state index >= 15 is 0 Å². The molecule has 0 bridgehead atoms. The van der Waals surface area contributed by atoms with Crippen molar-refractivity contribution in [1.82, 2.24) is 9.97 Å². The maximum absolute atomic E-state index is 4.78. The van der Waals surface area contributed by atoms with Crippen molar-refractivity contribution >= 4 is 11.6 Å². The van der Waals surface area contributed by atoms with Crippen molar-refractivity contribution in [2.45, 2.75) is 47.5 Å². The predicted octanol–water partition coefficient (Wildman–Crippen LogP) is 5.01. The van der Waals surface area contributed by atoms with Gasteiger partial charge in [0.2, 0.25) is 0 Å². The summed E-state index contributed by atoms with van der Waals surface area (Å²) in [5.41, 5.74) is 1.56. The Balaban J connectivity index is 1.86. The Morgan fingerprint density at radius 2 is 1.64 bits per heavy atom. The summed E-state index contributed by atoms with van der Waals surface area (Å²) in [7, 11) is 0. The third-order valence-corrected chi connectivity index (χ3v) is 4.04. The molecule has 0 aliphatic heterocycles. The zero-order valence-corrected chi connectivity index (χ0v) is 16.3. The maximum Gasteiger partial charge on any atom is 0.126 e. The second-order valence-corrected chi connectivity index (χ2v) is 8.66. The fourth-order valence-corrected chi connectivity index (χ4v) is 2.61. The highest BCUT2D eigenvalue weighted by molar-refractivity contribution is 5.36. The van der Waals surface area contributed by atoms with Gasteiger partial charge < -0.3 is 10.6 Å². The van der Waals surface area contributed by atoms with Crippen LogP contribution in [-0.2, 0) is 6.42 Å². The quantitative estimate of drug-likeness (QED) is 0.709. The Kier molecular flexibility index (Phi) is 6.40. The van der Waals surface area contributed by atoms with Crippen LogP contribution in [0.4, 0.5) is 11.6 Å². The largest absolute Gasteiger partial charge is 0.370 e. The van der Waals surface area contributed by atoms with E-state index in [2.05, 4.69) is 62.4 Å². The van der Waals surface area contributed by atoms with Gasteiger partial charge in [-0.3, -0.25) is 0 Å². The Hall–Kier alpha value is -2.10. The average molecular weight is 341 g/mol. The molecule has 0 aliphatic carbocycles. The first-order valence-corrected chi connectivity index (χ1v) is 9.08. The van der Waals surface area contributed by atoms with E-state index in [4.69, 9.17) is 4.98 Å². The van der Waals surface area contributed by atoms with E-state index in [9.17, 15) is 0 Å². The molecule has 2 N–H and O–H groups in total. The summed E-state index contributed by atoms with van der Waals surface area (Å²) in [6.07, 6.45) is 3.83. The van der Waals surface area contributed by atoms with Gasteiger partial charge in [0.1, 0.15) is 11.6 Å². The van der Waals surface area contributed by atoms with E-state index in [1.54, 1.807) is 0 Å². The maximum atomic E-state index is 4.78. The number of hydrogen-bond donors (Lipinski definition) is 2. The molecule has 0 aromatic carbocycles. The molecule has 0 atom stereocenters. The third kappa shape index (κ3) is 7.55. The number of anilines is 2. The van der Waals surface area contributed by atoms with Crippen LogP contribution in [0, 0.1) is 10.8 Å². The molecule has 136 valence electrons. The molecule has 0 saturated carbocycles. The minimum Gasteiger partial charge on any atom is -0.370 e. The molecule has 0 aliphatic rings. The monoisotopic (exact) mass is 340 g/mol. The zero-order chi connectivity index (χ0) is 18.3. The van der Waals surface area contributed by atoms with Crippen molar-refractivity contribution in [3.8, 4) is 0 Å². The second-order valence-electron chi connectivity index (χ2n) is 8.66. The minimum absolute atomic E-state index is 0.178. The lowest BCUT2D eigenvalue weighted by Crippen LogP contribution is -2.22. The van der Waals surface area contributed by atoms with Crippen LogP contribution < -0.4 is 10.6 Å². The third-order valence-electron chi connectivity index (χ3n) is 4.04. The van der Waals surface area contributed by atoms with Crippen molar-refractivity contribution in [1.29, 1.82) is 0 Å². The molecule has 0 spiro atoms. The first kappa shape index (κ1) is 19.2. The summed E-state index contributed by atoms with van der Waals surface area (Å²) in [6, 6.07) is 12.2. The van der Waals surface area contributed by atoms with Gasteiger partial charge in [0.15, 0.2) is 0 Å². The summed E-state index contributed by atoms with van der Waals surface area (Å²) in [6.45, 7) is 13.1. The molecule has 2 heterocycles. The normalized spacial score (nSPS) is 12.0. The first-order chi connectivity index (χ1) is 11.7. The van der Waals surface area contributed by atoms with Crippen LogP contribution in [0.3, 0.4) is 0 Å². The molecule has 0 fully saturated rings. The Morgan fingerprint density at radius 1 is 0.880 bits per heavy atom. The Bertz CT molecular complexity index is 644. The number of pyridine rings is 2. The van der Waals surface area contributed by atoms with Crippen molar-refractivity contribution in [3.63, 3.8) is 0 Å². The molecule has 2 rings (SSSR count). The standard InChI is InChI=1S/C21H32N4/c1-20(2,3)16-24-19-11-8-9-17(25-19)15-21(4,5)12-14-23-18-10-6-7-13-22-18/h6-11,13H,12,14-16H2,1-5H3,(H,22,23)(H,24,25). The average Bonchev–Trinajstić information content (AvgIpc) is 2.53. The van der Waals surface area contributed by atoms with E-state index in [1.165, 1.54) is 0 Å². The van der Waals surface area contributed by atoms with E-state index < -0.39 is 0 Å². The summed E-state index contributed by atoms with van der Waals surface area (Å²) < 4.78 is 0. The molecule has 4 heteroatoms. The number of nitrogens with one attached hydrogen (secondary N) is 2. The minimum atomic E-state index is 0.178. The van der Waals surface area contributed by atoms with Crippen molar-refractivity contribution in [2.75, 3.05) is 23.7 Å². The Labute approximate surface area is 152 Å². The fraction of sp³-hybridized carbons (Fsp3) is 0.524. The van der Waals surface area contributed by atoms with Gasteiger partial charge in [0.25, 0.3) is 0 Å². The molecule has 2 aromatic rings. The van der Waals surface area contributed by atoms with Crippen LogP contribution in [-0.4, -0.2) is 23.1 Å². The summed E-state index contributed by atoms with van der Waals surface area (Å²) in [5.74, 6) is 1.90. The zero-order valence-electron chi connectivity index (χ0n) is 16.3. The highest BCUT2D eigenvalue weighted by Crippen LogP contribution is 2.26. The van der Waals surface area contributed by atoms with Gasteiger partial charge in [0.05, 0.1) is 0 Å². The van der Waals surface area contributed by atoms with E-state index in [-0.39, 0.29) is 10.8 Å². The molecular formula is C21H32N4. The molecule has 4 nitrogen and oxygen atoms in total. The van der Waals surface area contributed by atoms with E-state index in [1.807, 2.05) is 30.5 Å². The highest BCUT2D eigenvalue weighted by Gasteiger charge is 2.19. The number of rotatable bonds is 8. The van der Waals surface area contributed by atoms with Crippen LogP contribution >= 0.6 is 0 Å². The molecule has 0 saturated heterocycles. The van der Waals surface area contributed by atoms with Gasteiger partial charge in [-0.05, 0) is 47.9 Å². The molecule has 25 heavy (non-hydrogen) atoms. The van der Waals surface area contributed by atoms with Crippen LogP contribution in [0.25, 0.3) is 0 Å². The summed E-state index contributed by atoms with van der Waals surface area (Å²) >= 11 is 0. The smallest absolute Gasteiger partial charge is 0.126 e. The molecule has 0 radical (unpaired) electrons. The second kappa shape index (κ2) is 8.32. The molecule has 2 aromatic heterocycles. The van der Waals surface area contributed by atoms with Gasteiger partial charge in [0, 0.05) is 25.0 Å². The highest BCUT2D eigenvalue weighted by atomic mass is 15.0.